The summed E-state index contributed by atoms with van der Waals surface area (Å²) < 4.78 is 17.6. The lowest BCUT2D eigenvalue weighted by Gasteiger charge is -2.02. The van der Waals surface area contributed by atoms with E-state index in [1.807, 2.05) is 0 Å². The fraction of sp³-hybridized carbons (Fsp3) is 0.300. The van der Waals surface area contributed by atoms with Gasteiger partial charge in [-0.2, -0.15) is 0 Å². The maximum atomic E-state index is 12.8. The molecule has 0 atom stereocenters. The number of esters is 1. The molecular weight excluding hydrogens is 171 g/mol. The molecule has 0 radical (unpaired) electrons. The van der Waals surface area contributed by atoms with Crippen molar-refractivity contribution in [1.29, 1.82) is 0 Å². The van der Waals surface area contributed by atoms with Gasteiger partial charge in [-0.25, -0.2) is 9.18 Å². The Hall–Kier alpha value is -1.38. The Bertz CT molecular complexity index is 300. The van der Waals surface area contributed by atoms with Crippen LogP contribution in [0.4, 0.5) is 4.39 Å². The van der Waals surface area contributed by atoms with Gasteiger partial charge in [0.15, 0.2) is 0 Å². The molecule has 1 aromatic carbocycles. The van der Waals surface area contributed by atoms with Crippen LogP contribution in [0.2, 0.25) is 0 Å². The smallest absolute Gasteiger partial charge is 0.338 e. The summed E-state index contributed by atoms with van der Waals surface area (Å²) in [7, 11) is 0. The average Bonchev–Trinajstić information content (AvgIpc) is 2.03. The zero-order chi connectivity index (χ0) is 9.84. The van der Waals surface area contributed by atoms with Crippen molar-refractivity contribution in [2.24, 2.45) is 0 Å². The van der Waals surface area contributed by atoms with E-state index >= 15 is 0 Å². The third kappa shape index (κ3) is 2.54. The lowest BCUT2D eigenvalue weighted by atomic mass is 10.1. The highest BCUT2D eigenvalue weighted by molar-refractivity contribution is 5.89. The van der Waals surface area contributed by atoms with Gasteiger partial charge in [0, 0.05) is 0 Å². The molecule has 1 rings (SSSR count). The molecule has 0 aromatic heterocycles. The van der Waals surface area contributed by atoms with Crippen molar-refractivity contribution < 1.29 is 13.9 Å². The topological polar surface area (TPSA) is 26.3 Å². The van der Waals surface area contributed by atoms with Crippen LogP contribution in [0.5, 0.6) is 0 Å². The molecule has 0 spiro atoms. The van der Waals surface area contributed by atoms with E-state index in [-0.39, 0.29) is 5.56 Å². The predicted molar refractivity (Wildman–Crippen MR) is 47.1 cm³/mol. The van der Waals surface area contributed by atoms with E-state index in [0.29, 0.717) is 12.2 Å². The summed E-state index contributed by atoms with van der Waals surface area (Å²) in [5, 5.41) is 0. The highest BCUT2D eigenvalue weighted by Gasteiger charge is 2.07. The molecule has 0 unspecified atom stereocenters. The van der Waals surface area contributed by atoms with Gasteiger partial charge in [0.05, 0.1) is 12.2 Å². The SMILES string of the molecule is CCOC(=O)c1cc(C)cc(F)c1. The second-order valence-corrected chi connectivity index (χ2v) is 2.74. The van der Waals surface area contributed by atoms with Crippen LogP contribution in [0, 0.1) is 12.7 Å². The van der Waals surface area contributed by atoms with Crippen LogP contribution in [0.1, 0.15) is 22.8 Å². The fourth-order valence-electron chi connectivity index (χ4n) is 1.07. The molecule has 0 saturated heterocycles. The van der Waals surface area contributed by atoms with Crippen molar-refractivity contribution in [3.63, 3.8) is 0 Å². The zero-order valence-electron chi connectivity index (χ0n) is 7.63. The quantitative estimate of drug-likeness (QED) is 0.656. The van der Waals surface area contributed by atoms with Gasteiger partial charge in [-0.15, -0.1) is 0 Å². The number of benzene rings is 1. The molecule has 0 fully saturated rings. The van der Waals surface area contributed by atoms with Gasteiger partial charge in [-0.05, 0) is 37.6 Å². The standard InChI is InChI=1S/C10H11FO2/c1-3-13-10(12)8-4-7(2)5-9(11)6-8/h4-6H,3H2,1-2H3. The minimum Gasteiger partial charge on any atom is -0.462 e. The van der Waals surface area contributed by atoms with Crippen molar-refractivity contribution >= 4 is 5.97 Å². The molecule has 0 heterocycles. The monoisotopic (exact) mass is 182 g/mol. The first-order chi connectivity index (χ1) is 6.13. The Kier molecular flexibility index (Phi) is 3.01. The van der Waals surface area contributed by atoms with Crippen molar-refractivity contribution in [1.82, 2.24) is 0 Å². The van der Waals surface area contributed by atoms with E-state index in [9.17, 15) is 9.18 Å². The normalized spacial score (nSPS) is 9.77. The second kappa shape index (κ2) is 4.03. The van der Waals surface area contributed by atoms with Crippen LogP contribution in [0.25, 0.3) is 0 Å². The molecule has 0 amide bonds. The molecule has 1 aromatic rings. The fourth-order valence-corrected chi connectivity index (χ4v) is 1.07. The number of hydrogen-bond acceptors (Lipinski definition) is 2. The van der Waals surface area contributed by atoms with Gasteiger partial charge in [-0.1, -0.05) is 0 Å². The van der Waals surface area contributed by atoms with Crippen molar-refractivity contribution in [2.75, 3.05) is 6.61 Å². The summed E-state index contributed by atoms with van der Waals surface area (Å²) in [5.74, 6) is -0.895. The molecule has 0 saturated carbocycles. The molecule has 0 aliphatic rings. The van der Waals surface area contributed by atoms with Crippen LogP contribution in [-0.4, -0.2) is 12.6 Å². The van der Waals surface area contributed by atoms with Crippen LogP contribution in [-0.2, 0) is 4.74 Å². The number of halogens is 1. The van der Waals surface area contributed by atoms with Crippen LogP contribution >= 0.6 is 0 Å². The Balaban J connectivity index is 2.94. The number of carbonyl (C=O) groups is 1. The summed E-state index contributed by atoms with van der Waals surface area (Å²) in [6.45, 7) is 3.74. The highest BCUT2D eigenvalue weighted by Crippen LogP contribution is 2.09. The van der Waals surface area contributed by atoms with Gasteiger partial charge in [0.2, 0.25) is 0 Å². The Morgan fingerprint density at radius 1 is 1.46 bits per heavy atom. The lowest BCUT2D eigenvalue weighted by Crippen LogP contribution is -2.05. The Morgan fingerprint density at radius 2 is 2.15 bits per heavy atom. The molecule has 3 heteroatoms. The molecule has 0 N–H and O–H groups in total. The summed E-state index contributed by atoms with van der Waals surface area (Å²) in [5.41, 5.74) is 0.974. The first kappa shape index (κ1) is 9.71. The summed E-state index contributed by atoms with van der Waals surface area (Å²) in [6.07, 6.45) is 0. The number of carbonyl (C=O) groups excluding carboxylic acids is 1. The van der Waals surface area contributed by atoms with Gasteiger partial charge < -0.3 is 4.74 Å². The van der Waals surface area contributed by atoms with Crippen LogP contribution < -0.4 is 0 Å². The molecular formula is C10H11FO2. The highest BCUT2D eigenvalue weighted by atomic mass is 19.1. The molecule has 0 aliphatic heterocycles. The van der Waals surface area contributed by atoms with E-state index in [0.717, 1.165) is 0 Å². The predicted octanol–water partition coefficient (Wildman–Crippen LogP) is 2.31. The average molecular weight is 182 g/mol. The molecule has 0 bridgehead atoms. The van der Waals surface area contributed by atoms with E-state index in [1.54, 1.807) is 19.9 Å². The summed E-state index contributed by atoms with van der Waals surface area (Å²) in [4.78, 5) is 11.2. The zero-order valence-corrected chi connectivity index (χ0v) is 7.63. The van der Waals surface area contributed by atoms with Crippen molar-refractivity contribution in [3.8, 4) is 0 Å². The summed E-state index contributed by atoms with van der Waals surface area (Å²) in [6, 6.07) is 4.13. The Labute approximate surface area is 76.3 Å². The molecule has 0 aliphatic carbocycles. The van der Waals surface area contributed by atoms with Gasteiger partial charge in [-0.3, -0.25) is 0 Å². The molecule has 70 valence electrons. The first-order valence-electron chi connectivity index (χ1n) is 4.08. The maximum Gasteiger partial charge on any atom is 0.338 e. The Morgan fingerprint density at radius 3 is 2.69 bits per heavy atom. The third-order valence-corrected chi connectivity index (χ3v) is 1.55. The number of rotatable bonds is 2. The van der Waals surface area contributed by atoms with E-state index in [1.165, 1.54) is 12.1 Å². The number of hydrogen-bond donors (Lipinski definition) is 0. The summed E-state index contributed by atoms with van der Waals surface area (Å²) >= 11 is 0. The van der Waals surface area contributed by atoms with Gasteiger partial charge >= 0.3 is 5.97 Å². The largest absolute Gasteiger partial charge is 0.462 e. The lowest BCUT2D eigenvalue weighted by molar-refractivity contribution is 0.0525. The van der Waals surface area contributed by atoms with E-state index < -0.39 is 11.8 Å². The maximum absolute atomic E-state index is 12.8. The third-order valence-electron chi connectivity index (χ3n) is 1.55. The minimum atomic E-state index is -0.481. The first-order valence-corrected chi connectivity index (χ1v) is 4.08. The van der Waals surface area contributed by atoms with Crippen LogP contribution in [0.15, 0.2) is 18.2 Å². The van der Waals surface area contributed by atoms with E-state index in [2.05, 4.69) is 0 Å². The van der Waals surface area contributed by atoms with Gasteiger partial charge in [0.25, 0.3) is 0 Å². The van der Waals surface area contributed by atoms with Crippen molar-refractivity contribution in [2.45, 2.75) is 13.8 Å². The second-order valence-electron chi connectivity index (χ2n) is 2.74. The van der Waals surface area contributed by atoms with E-state index in [4.69, 9.17) is 4.74 Å². The minimum absolute atomic E-state index is 0.263. The number of aryl methyl sites for hydroxylation is 1. The van der Waals surface area contributed by atoms with Crippen molar-refractivity contribution in [3.05, 3.63) is 35.1 Å². The molecule has 2 nitrogen and oxygen atoms in total. The van der Waals surface area contributed by atoms with Crippen LogP contribution in [0.3, 0.4) is 0 Å². The van der Waals surface area contributed by atoms with Gasteiger partial charge in [0.1, 0.15) is 5.82 Å². The molecule has 13 heavy (non-hydrogen) atoms. The number of ether oxygens (including phenoxy) is 1.